The van der Waals surface area contributed by atoms with Crippen LogP contribution in [0.1, 0.15) is 34.0 Å². The third kappa shape index (κ3) is 7.37. The van der Waals surface area contributed by atoms with Crippen molar-refractivity contribution in [3.05, 3.63) is 107 Å². The minimum Gasteiger partial charge on any atom is -0.497 e. The summed E-state index contributed by atoms with van der Waals surface area (Å²) in [5, 5.41) is -1.06. The second kappa shape index (κ2) is 13.9. The minimum absolute atomic E-state index is 0.0579. The fourth-order valence-corrected chi connectivity index (χ4v) is 7.86. The van der Waals surface area contributed by atoms with Crippen LogP contribution in [0.5, 0.6) is 5.75 Å². The summed E-state index contributed by atoms with van der Waals surface area (Å²) in [6.45, 7) is 7.23. The van der Waals surface area contributed by atoms with Crippen molar-refractivity contribution in [3.63, 3.8) is 0 Å². The van der Waals surface area contributed by atoms with E-state index in [0.717, 1.165) is 10.5 Å². The number of hydrogen-bond donors (Lipinski definition) is 0. The van der Waals surface area contributed by atoms with Crippen LogP contribution in [0.3, 0.4) is 0 Å². The highest BCUT2D eigenvalue weighted by atomic mass is 33.1. The second-order valence-corrected chi connectivity index (χ2v) is 14.0. The SMILES string of the molecule is C=C(C)C(C(=O)OCc1ccc(OC)cc1)N1C(=O)C(N=Cc2ccc(C(=O)OC)cc2)C1SS(=O)(=O)c1ccc(C)cc1. The highest BCUT2D eigenvalue weighted by molar-refractivity contribution is 8.72. The van der Waals surface area contributed by atoms with Gasteiger partial charge in [-0.2, -0.15) is 0 Å². The van der Waals surface area contributed by atoms with Gasteiger partial charge >= 0.3 is 11.9 Å². The van der Waals surface area contributed by atoms with Crippen LogP contribution in [0, 0.1) is 6.92 Å². The molecule has 0 bridgehead atoms. The Morgan fingerprint density at radius 2 is 1.66 bits per heavy atom. The van der Waals surface area contributed by atoms with Crippen molar-refractivity contribution in [2.45, 2.75) is 42.8 Å². The lowest BCUT2D eigenvalue weighted by Crippen LogP contribution is -2.67. The van der Waals surface area contributed by atoms with E-state index >= 15 is 0 Å². The van der Waals surface area contributed by atoms with Crippen LogP contribution in [0.2, 0.25) is 0 Å². The Morgan fingerprint density at radius 3 is 2.23 bits per heavy atom. The predicted octanol–water partition coefficient (Wildman–Crippen LogP) is 4.56. The van der Waals surface area contributed by atoms with E-state index in [1.807, 2.05) is 6.92 Å². The number of benzene rings is 3. The average Bonchev–Trinajstić information content (AvgIpc) is 3.02. The van der Waals surface area contributed by atoms with Crippen molar-refractivity contribution < 1.29 is 37.0 Å². The normalized spacial score (nSPS) is 17.1. The number of aryl methyl sites for hydroxylation is 1. The molecular weight excluding hydrogens is 604 g/mol. The van der Waals surface area contributed by atoms with Crippen LogP contribution < -0.4 is 4.74 Å². The molecule has 0 spiro atoms. The van der Waals surface area contributed by atoms with Gasteiger partial charge in [-0.1, -0.05) is 48.5 Å². The van der Waals surface area contributed by atoms with E-state index in [1.165, 1.54) is 25.5 Å². The molecule has 1 aliphatic rings. The molecule has 230 valence electrons. The number of rotatable bonds is 12. The van der Waals surface area contributed by atoms with Gasteiger partial charge in [0.2, 0.25) is 8.87 Å². The van der Waals surface area contributed by atoms with E-state index in [0.29, 0.717) is 38.8 Å². The van der Waals surface area contributed by atoms with Crippen molar-refractivity contribution in [1.29, 1.82) is 0 Å². The molecule has 3 atom stereocenters. The largest absolute Gasteiger partial charge is 0.497 e. The molecule has 0 N–H and O–H groups in total. The van der Waals surface area contributed by atoms with Crippen molar-refractivity contribution in [1.82, 2.24) is 4.90 Å². The monoisotopic (exact) mass is 636 g/mol. The van der Waals surface area contributed by atoms with Gasteiger partial charge in [0.25, 0.3) is 5.91 Å². The molecule has 10 nitrogen and oxygen atoms in total. The first-order valence-electron chi connectivity index (χ1n) is 13.4. The summed E-state index contributed by atoms with van der Waals surface area (Å²) in [7, 11) is -0.614. The van der Waals surface area contributed by atoms with Crippen molar-refractivity contribution in [2.24, 2.45) is 4.99 Å². The van der Waals surface area contributed by atoms with Crippen molar-refractivity contribution in [3.8, 4) is 5.75 Å². The van der Waals surface area contributed by atoms with Gasteiger partial charge in [-0.05, 0) is 66.9 Å². The van der Waals surface area contributed by atoms with Gasteiger partial charge in [-0.15, -0.1) is 0 Å². The fraction of sp³-hybridized carbons (Fsp3) is 0.250. The van der Waals surface area contributed by atoms with Gasteiger partial charge in [0.1, 0.15) is 17.7 Å². The first-order valence-corrected chi connectivity index (χ1v) is 16.3. The molecule has 1 heterocycles. The number of esters is 2. The summed E-state index contributed by atoms with van der Waals surface area (Å²) in [5.74, 6) is -1.16. The van der Waals surface area contributed by atoms with E-state index in [4.69, 9.17) is 14.2 Å². The van der Waals surface area contributed by atoms with Crippen LogP contribution in [0.25, 0.3) is 0 Å². The number of hydrogen-bond acceptors (Lipinski definition) is 10. The van der Waals surface area contributed by atoms with Crippen LogP contribution >= 0.6 is 10.8 Å². The summed E-state index contributed by atoms with van der Waals surface area (Å²) in [6, 6.07) is 17.3. The molecule has 44 heavy (non-hydrogen) atoms. The number of β-lactam (4-membered cyclic amide) rings is 1. The maximum absolute atomic E-state index is 13.5. The first kappa shape index (κ1) is 32.5. The standard InChI is InChI=1S/C32H32N2O8S2/c1-20(2)28(32(37)42-19-23-10-14-25(40-4)15-11-23)34-29(35)27(33-18-22-8-12-24(13-9-22)31(36)41-5)30(34)43-44(38,39)26-16-6-21(3)7-17-26/h6-18,27-28,30H,1,19H2,2-5H3. The molecule has 3 aromatic rings. The summed E-state index contributed by atoms with van der Waals surface area (Å²) in [4.78, 5) is 44.2. The lowest BCUT2D eigenvalue weighted by molar-refractivity contribution is -0.161. The van der Waals surface area contributed by atoms with Crippen molar-refractivity contribution >= 4 is 43.7 Å². The highest BCUT2D eigenvalue weighted by Crippen LogP contribution is 2.41. The van der Waals surface area contributed by atoms with Gasteiger partial charge in [-0.25, -0.2) is 18.0 Å². The van der Waals surface area contributed by atoms with E-state index in [-0.39, 0.29) is 11.5 Å². The smallest absolute Gasteiger partial charge is 0.337 e. The molecule has 3 aromatic carbocycles. The predicted molar refractivity (Wildman–Crippen MR) is 167 cm³/mol. The number of likely N-dealkylation sites (tertiary alicyclic amines) is 1. The van der Waals surface area contributed by atoms with E-state index in [2.05, 4.69) is 11.6 Å². The summed E-state index contributed by atoms with van der Waals surface area (Å²) in [5.41, 5.74) is 2.80. The molecule has 0 aromatic heterocycles. The molecular formula is C32H32N2O8S2. The zero-order valence-corrected chi connectivity index (χ0v) is 26.3. The Kier molecular flexibility index (Phi) is 10.3. The molecule has 4 rings (SSSR count). The van der Waals surface area contributed by atoms with E-state index in [1.54, 1.807) is 74.7 Å². The lowest BCUT2D eigenvalue weighted by Gasteiger charge is -2.47. The van der Waals surface area contributed by atoms with Crippen LogP contribution in [0.15, 0.2) is 94.8 Å². The quantitative estimate of drug-likeness (QED) is 0.0924. The molecule has 0 aliphatic carbocycles. The second-order valence-electron chi connectivity index (χ2n) is 10.0. The highest BCUT2D eigenvalue weighted by Gasteiger charge is 2.55. The maximum Gasteiger partial charge on any atom is 0.337 e. The Hall–Kier alpha value is -4.42. The zero-order chi connectivity index (χ0) is 32.0. The molecule has 0 radical (unpaired) electrons. The van der Waals surface area contributed by atoms with Gasteiger partial charge < -0.3 is 19.1 Å². The fourth-order valence-electron chi connectivity index (χ4n) is 4.37. The Morgan fingerprint density at radius 1 is 1.02 bits per heavy atom. The zero-order valence-electron chi connectivity index (χ0n) is 24.6. The Balaban J connectivity index is 1.60. The number of aliphatic imine (C=N–C) groups is 1. The van der Waals surface area contributed by atoms with Crippen LogP contribution in [-0.2, 0) is 34.5 Å². The summed E-state index contributed by atoms with van der Waals surface area (Å²) in [6.07, 6.45) is 1.42. The third-order valence-electron chi connectivity index (χ3n) is 6.81. The van der Waals surface area contributed by atoms with E-state index < -0.39 is 44.2 Å². The molecule has 12 heteroatoms. The number of ether oxygens (including phenoxy) is 3. The Bertz CT molecular complexity index is 1670. The third-order valence-corrected chi connectivity index (χ3v) is 10.5. The number of amides is 1. The van der Waals surface area contributed by atoms with Crippen molar-refractivity contribution in [2.75, 3.05) is 14.2 Å². The summed E-state index contributed by atoms with van der Waals surface area (Å²) < 4.78 is 42.3. The van der Waals surface area contributed by atoms with Gasteiger partial charge in [0.15, 0.2) is 12.1 Å². The Labute approximate surface area is 260 Å². The summed E-state index contributed by atoms with van der Waals surface area (Å²) >= 11 is 0. The number of methoxy groups -OCH3 is 2. The molecule has 1 fully saturated rings. The van der Waals surface area contributed by atoms with Gasteiger partial charge in [0, 0.05) is 17.0 Å². The minimum atomic E-state index is -3.97. The lowest BCUT2D eigenvalue weighted by atomic mass is 9.99. The molecule has 1 amide bonds. The van der Waals surface area contributed by atoms with Crippen LogP contribution in [0.4, 0.5) is 0 Å². The number of carbonyl (C=O) groups excluding carboxylic acids is 3. The maximum atomic E-state index is 13.5. The van der Waals surface area contributed by atoms with Crippen LogP contribution in [-0.4, -0.2) is 69.1 Å². The first-order chi connectivity index (χ1) is 20.9. The molecule has 1 saturated heterocycles. The van der Waals surface area contributed by atoms with E-state index in [9.17, 15) is 22.8 Å². The molecule has 3 unspecified atom stereocenters. The van der Waals surface area contributed by atoms with Gasteiger partial charge in [0.05, 0.1) is 24.7 Å². The average molecular weight is 637 g/mol. The number of nitrogens with zero attached hydrogens (tertiary/aromatic N) is 2. The molecule has 1 aliphatic heterocycles. The van der Waals surface area contributed by atoms with Gasteiger partial charge in [-0.3, -0.25) is 9.79 Å². The topological polar surface area (TPSA) is 129 Å². The molecule has 0 saturated carbocycles. The number of carbonyl (C=O) groups is 3.